The molecule has 0 radical (unpaired) electrons. The molecule has 8 heavy (non-hydrogen) atoms. The smallest absolute Gasteiger partial charge is 0.0564 e. The molecule has 0 saturated heterocycles. The first-order valence-electron chi connectivity index (χ1n) is 2.89. The summed E-state index contributed by atoms with van der Waals surface area (Å²) in [6.45, 7) is 3.72. The molecule has 0 aliphatic heterocycles. The van der Waals surface area contributed by atoms with Crippen molar-refractivity contribution in [2.45, 2.75) is 5.54 Å². The van der Waals surface area contributed by atoms with E-state index in [1.165, 1.54) is 0 Å². The lowest BCUT2D eigenvalue weighted by atomic mass is 10.5. The molecule has 0 N–H and O–H groups in total. The quantitative estimate of drug-likeness (QED) is 0.483. The summed E-state index contributed by atoms with van der Waals surface area (Å²) in [4.78, 5) is 0. The molecule has 0 atom stereocenters. The Hall–Kier alpha value is -0.563. The zero-order chi connectivity index (χ0) is 5.82. The van der Waals surface area contributed by atoms with Crippen LogP contribution in [0.15, 0.2) is 36.6 Å². The van der Waals surface area contributed by atoms with Gasteiger partial charge in [0.1, 0.15) is 0 Å². The molecule has 0 fully saturated rings. The highest BCUT2D eigenvalue weighted by molar-refractivity contribution is 6.45. The lowest BCUT2D eigenvalue weighted by Gasteiger charge is -1.94. The van der Waals surface area contributed by atoms with Crippen molar-refractivity contribution < 1.29 is 0 Å². The summed E-state index contributed by atoms with van der Waals surface area (Å²) >= 11 is 0. The first kappa shape index (κ1) is 5.57. The fourth-order valence-corrected chi connectivity index (χ4v) is 1.84. The third-order valence-electron chi connectivity index (χ3n) is 1.27. The van der Waals surface area contributed by atoms with E-state index < -0.39 is 0 Å². The highest BCUT2D eigenvalue weighted by atomic mass is 28.2. The van der Waals surface area contributed by atoms with Crippen LogP contribution in [0.3, 0.4) is 0 Å². The zero-order valence-corrected chi connectivity index (χ0v) is 6.29. The van der Waals surface area contributed by atoms with Crippen molar-refractivity contribution in [3.63, 3.8) is 0 Å². The summed E-state index contributed by atoms with van der Waals surface area (Å²) in [6, 6.07) is 0. The molecule has 1 aliphatic carbocycles. The Labute approximate surface area is 52.4 Å². The molecule has 1 rings (SSSR count). The summed E-state index contributed by atoms with van der Waals surface area (Å²) in [6.07, 6.45) is 8.71. The molecule has 1 heteroatoms. The standard InChI is InChI=1S/C7H10Si/c1-2-8-7-5-3-4-6-7/h2-7H,1,8H2. The first-order chi connectivity index (χ1) is 3.93. The summed E-state index contributed by atoms with van der Waals surface area (Å²) in [5.41, 5.74) is 2.86. The van der Waals surface area contributed by atoms with Crippen LogP contribution in [0.2, 0.25) is 5.54 Å². The van der Waals surface area contributed by atoms with E-state index >= 15 is 0 Å². The molecule has 42 valence electrons. The maximum absolute atomic E-state index is 3.72. The SMILES string of the molecule is C=C[SiH2]C1C=CC=C1. The molecule has 0 spiro atoms. The van der Waals surface area contributed by atoms with Gasteiger partial charge in [0.2, 0.25) is 0 Å². The van der Waals surface area contributed by atoms with Gasteiger partial charge in [-0.1, -0.05) is 24.3 Å². The minimum atomic E-state index is -0.0116. The van der Waals surface area contributed by atoms with Crippen LogP contribution in [-0.2, 0) is 0 Å². The number of hydrogen-bond donors (Lipinski definition) is 0. The average Bonchev–Trinajstić information content (AvgIpc) is 2.19. The number of hydrogen-bond acceptors (Lipinski definition) is 0. The van der Waals surface area contributed by atoms with Crippen LogP contribution in [0.5, 0.6) is 0 Å². The molecular formula is C7H10Si. The predicted octanol–water partition coefficient (Wildman–Crippen LogP) is 1.21. The lowest BCUT2D eigenvalue weighted by molar-refractivity contribution is 1.40. The molecule has 0 nitrogen and oxygen atoms in total. The van der Waals surface area contributed by atoms with Crippen molar-refractivity contribution in [1.82, 2.24) is 0 Å². The topological polar surface area (TPSA) is 0 Å². The van der Waals surface area contributed by atoms with E-state index in [1.807, 2.05) is 0 Å². The fourth-order valence-electron chi connectivity index (χ4n) is 0.827. The van der Waals surface area contributed by atoms with Crippen LogP contribution in [0.1, 0.15) is 0 Å². The van der Waals surface area contributed by atoms with E-state index in [9.17, 15) is 0 Å². The predicted molar refractivity (Wildman–Crippen MR) is 40.8 cm³/mol. The van der Waals surface area contributed by atoms with Crippen LogP contribution in [-0.4, -0.2) is 9.52 Å². The van der Waals surface area contributed by atoms with E-state index in [4.69, 9.17) is 0 Å². The van der Waals surface area contributed by atoms with Crippen LogP contribution < -0.4 is 0 Å². The van der Waals surface area contributed by atoms with E-state index in [-0.39, 0.29) is 9.52 Å². The van der Waals surface area contributed by atoms with Crippen molar-refractivity contribution >= 4 is 9.52 Å². The Balaban J connectivity index is 2.37. The number of allylic oxidation sites excluding steroid dienone is 4. The van der Waals surface area contributed by atoms with Gasteiger partial charge in [-0.2, -0.15) is 0 Å². The average molecular weight is 122 g/mol. The lowest BCUT2D eigenvalue weighted by Crippen LogP contribution is -1.89. The van der Waals surface area contributed by atoms with Gasteiger partial charge in [0.25, 0.3) is 0 Å². The van der Waals surface area contributed by atoms with Gasteiger partial charge in [0.15, 0.2) is 0 Å². The molecule has 1 aliphatic rings. The Bertz CT molecular complexity index is 121. The molecule has 0 aromatic heterocycles. The van der Waals surface area contributed by atoms with Crippen LogP contribution >= 0.6 is 0 Å². The normalized spacial score (nSPS) is 19.0. The van der Waals surface area contributed by atoms with Crippen molar-refractivity contribution in [3.8, 4) is 0 Å². The van der Waals surface area contributed by atoms with Crippen LogP contribution in [0, 0.1) is 0 Å². The van der Waals surface area contributed by atoms with E-state index in [1.54, 1.807) is 0 Å². The van der Waals surface area contributed by atoms with Crippen molar-refractivity contribution in [1.29, 1.82) is 0 Å². The molecule has 0 unspecified atom stereocenters. The Morgan fingerprint density at radius 2 is 2.00 bits per heavy atom. The van der Waals surface area contributed by atoms with Crippen molar-refractivity contribution in [3.05, 3.63) is 36.6 Å². The van der Waals surface area contributed by atoms with Crippen molar-refractivity contribution in [2.75, 3.05) is 0 Å². The highest BCUT2D eigenvalue weighted by Crippen LogP contribution is 2.12. The fraction of sp³-hybridized carbons (Fsp3) is 0.143. The van der Waals surface area contributed by atoms with E-state index in [0.29, 0.717) is 0 Å². The summed E-state index contributed by atoms with van der Waals surface area (Å²) in [5, 5.41) is 0. The van der Waals surface area contributed by atoms with Gasteiger partial charge in [-0.3, -0.25) is 0 Å². The molecule has 0 saturated carbocycles. The molecule has 0 aromatic rings. The molecule has 0 aromatic carbocycles. The summed E-state index contributed by atoms with van der Waals surface area (Å²) in [5.74, 6) is 0. The number of rotatable bonds is 2. The van der Waals surface area contributed by atoms with Gasteiger partial charge >= 0.3 is 0 Å². The minimum absolute atomic E-state index is 0.0116. The molecule has 0 bridgehead atoms. The van der Waals surface area contributed by atoms with Gasteiger partial charge in [0.05, 0.1) is 9.52 Å². The van der Waals surface area contributed by atoms with E-state index in [2.05, 4.69) is 36.6 Å². The summed E-state index contributed by atoms with van der Waals surface area (Å²) < 4.78 is 0. The van der Waals surface area contributed by atoms with Gasteiger partial charge < -0.3 is 0 Å². The molecular weight excluding hydrogens is 112 g/mol. The van der Waals surface area contributed by atoms with Gasteiger partial charge in [-0.05, 0) is 5.54 Å². The van der Waals surface area contributed by atoms with Gasteiger partial charge in [-0.25, -0.2) is 0 Å². The third-order valence-corrected chi connectivity index (χ3v) is 2.69. The second-order valence-electron chi connectivity index (χ2n) is 1.96. The second kappa shape index (κ2) is 2.67. The maximum atomic E-state index is 3.72. The minimum Gasteiger partial charge on any atom is -0.108 e. The van der Waals surface area contributed by atoms with E-state index in [0.717, 1.165) is 5.54 Å². The first-order valence-corrected chi connectivity index (χ1v) is 4.52. The Kier molecular flexibility index (Phi) is 1.86. The van der Waals surface area contributed by atoms with Crippen LogP contribution in [0.25, 0.3) is 0 Å². The Morgan fingerprint density at radius 3 is 2.50 bits per heavy atom. The molecule has 0 heterocycles. The third kappa shape index (κ3) is 1.20. The molecule has 0 amide bonds. The largest absolute Gasteiger partial charge is 0.108 e. The maximum Gasteiger partial charge on any atom is 0.0564 e. The van der Waals surface area contributed by atoms with Crippen molar-refractivity contribution in [2.24, 2.45) is 0 Å². The zero-order valence-electron chi connectivity index (χ0n) is 4.88. The van der Waals surface area contributed by atoms with Gasteiger partial charge in [0, 0.05) is 0 Å². The second-order valence-corrected chi connectivity index (χ2v) is 3.95. The monoisotopic (exact) mass is 122 g/mol. The van der Waals surface area contributed by atoms with Crippen LogP contribution in [0.4, 0.5) is 0 Å². The Morgan fingerprint density at radius 1 is 1.38 bits per heavy atom. The van der Waals surface area contributed by atoms with Gasteiger partial charge in [-0.15, -0.1) is 12.3 Å². The summed E-state index contributed by atoms with van der Waals surface area (Å²) in [7, 11) is -0.0116. The highest BCUT2D eigenvalue weighted by Gasteiger charge is 1.98.